The average Bonchev–Trinajstić information content (AvgIpc) is 2.61. The van der Waals surface area contributed by atoms with E-state index in [-0.39, 0.29) is 23.3 Å². The van der Waals surface area contributed by atoms with Crippen molar-refractivity contribution in [2.75, 3.05) is 5.32 Å². The molecule has 1 aromatic heterocycles. The number of aliphatic imine (C=N–C) groups is 1. The Morgan fingerprint density at radius 1 is 1.19 bits per heavy atom. The van der Waals surface area contributed by atoms with Crippen molar-refractivity contribution in [2.45, 2.75) is 13.3 Å². The summed E-state index contributed by atoms with van der Waals surface area (Å²) in [6, 6.07) is 15.3. The number of benzene rings is 2. The number of hydrogen-bond donors (Lipinski definition) is 3. The molecule has 2 aromatic carbocycles. The van der Waals surface area contributed by atoms with Crippen molar-refractivity contribution in [3.05, 3.63) is 87.6 Å². The highest BCUT2D eigenvalue weighted by molar-refractivity contribution is 5.93. The zero-order valence-electron chi connectivity index (χ0n) is 14.2. The van der Waals surface area contributed by atoms with Crippen LogP contribution in [0.3, 0.4) is 0 Å². The van der Waals surface area contributed by atoms with Crippen LogP contribution < -0.4 is 16.6 Å². The Bertz CT molecular complexity index is 981. The van der Waals surface area contributed by atoms with Crippen LogP contribution in [-0.4, -0.2) is 15.9 Å². The number of H-pyrrole nitrogens is 1. The van der Waals surface area contributed by atoms with Crippen molar-refractivity contribution in [3.63, 3.8) is 0 Å². The summed E-state index contributed by atoms with van der Waals surface area (Å²) in [4.78, 5) is 23.4. The van der Waals surface area contributed by atoms with Gasteiger partial charge in [-0.2, -0.15) is 4.99 Å². The van der Waals surface area contributed by atoms with E-state index >= 15 is 0 Å². The molecular formula is C19H18FN5O. The van der Waals surface area contributed by atoms with Gasteiger partial charge in [0.05, 0.1) is 5.69 Å². The molecule has 0 aliphatic rings. The molecule has 0 radical (unpaired) electrons. The van der Waals surface area contributed by atoms with Gasteiger partial charge in [0.15, 0.2) is 0 Å². The lowest BCUT2D eigenvalue weighted by atomic mass is 10.1. The quantitative estimate of drug-likeness (QED) is 0.497. The lowest BCUT2D eigenvalue weighted by molar-refractivity contribution is 0.628. The van der Waals surface area contributed by atoms with Gasteiger partial charge < -0.3 is 11.1 Å². The average molecular weight is 351 g/mol. The summed E-state index contributed by atoms with van der Waals surface area (Å²) in [5.41, 5.74) is 8.34. The second-order valence-electron chi connectivity index (χ2n) is 5.74. The van der Waals surface area contributed by atoms with Gasteiger partial charge in [-0.25, -0.2) is 9.37 Å². The van der Waals surface area contributed by atoms with Gasteiger partial charge >= 0.3 is 0 Å². The van der Waals surface area contributed by atoms with Gasteiger partial charge in [-0.3, -0.25) is 9.78 Å². The fourth-order valence-electron chi connectivity index (χ4n) is 2.48. The Labute approximate surface area is 149 Å². The number of aromatic amines is 1. The largest absolute Gasteiger partial charge is 0.369 e. The molecule has 1 heterocycles. The summed E-state index contributed by atoms with van der Waals surface area (Å²) in [6.45, 7) is 1.76. The van der Waals surface area contributed by atoms with Crippen LogP contribution in [0.4, 0.5) is 16.0 Å². The number of nitrogens with two attached hydrogens (primary N) is 1. The number of nitrogens with zero attached hydrogens (tertiary/aromatic N) is 2. The van der Waals surface area contributed by atoms with E-state index in [1.807, 2.05) is 30.3 Å². The van der Waals surface area contributed by atoms with E-state index in [4.69, 9.17) is 5.73 Å². The molecule has 0 saturated heterocycles. The van der Waals surface area contributed by atoms with E-state index in [1.165, 1.54) is 24.3 Å². The molecule has 4 N–H and O–H groups in total. The summed E-state index contributed by atoms with van der Waals surface area (Å²) < 4.78 is 12.9. The van der Waals surface area contributed by atoms with E-state index in [2.05, 4.69) is 20.3 Å². The molecule has 0 aliphatic heterocycles. The topological polar surface area (TPSA) is 96.2 Å². The molecule has 0 saturated carbocycles. The number of hydrogen-bond acceptors (Lipinski definition) is 3. The Morgan fingerprint density at radius 2 is 1.88 bits per heavy atom. The van der Waals surface area contributed by atoms with Gasteiger partial charge in [-0.1, -0.05) is 30.3 Å². The number of rotatable bonds is 4. The van der Waals surface area contributed by atoms with E-state index in [1.54, 1.807) is 6.92 Å². The smallest absolute Gasteiger partial charge is 0.256 e. The van der Waals surface area contributed by atoms with Crippen molar-refractivity contribution in [2.24, 2.45) is 10.7 Å². The Balaban J connectivity index is 1.80. The first-order valence-electron chi connectivity index (χ1n) is 8.02. The van der Waals surface area contributed by atoms with Crippen LogP contribution in [0.2, 0.25) is 0 Å². The Hall–Kier alpha value is -3.48. The summed E-state index contributed by atoms with van der Waals surface area (Å²) in [5, 5.41) is 2.81. The maximum Gasteiger partial charge on any atom is 0.256 e. The van der Waals surface area contributed by atoms with Crippen LogP contribution in [0.5, 0.6) is 0 Å². The molecule has 26 heavy (non-hydrogen) atoms. The minimum Gasteiger partial charge on any atom is -0.369 e. The lowest BCUT2D eigenvalue weighted by Gasteiger charge is -2.07. The lowest BCUT2D eigenvalue weighted by Crippen LogP contribution is -2.23. The van der Waals surface area contributed by atoms with E-state index < -0.39 is 0 Å². The third kappa shape index (κ3) is 4.32. The number of anilines is 1. The van der Waals surface area contributed by atoms with Crippen molar-refractivity contribution in [3.8, 4) is 0 Å². The highest BCUT2D eigenvalue weighted by Gasteiger charge is 2.09. The normalized spacial score (nSPS) is 11.4. The van der Waals surface area contributed by atoms with Gasteiger partial charge in [0.2, 0.25) is 11.9 Å². The van der Waals surface area contributed by atoms with Gasteiger partial charge in [0, 0.05) is 17.7 Å². The first kappa shape index (κ1) is 17.3. The summed E-state index contributed by atoms with van der Waals surface area (Å²) in [5.74, 6) is -0.201. The molecule has 0 aliphatic carbocycles. The predicted molar refractivity (Wildman–Crippen MR) is 100 cm³/mol. The standard InChI is InChI=1S/C19H18FN5O/c1-12-16(11-13-5-3-2-4-6-13)17(26)24-19(22-12)25-18(21)23-15-9-7-14(20)8-10-15/h2-10H,11H2,1H3,(H4,21,22,23,24,25,26). The zero-order valence-corrected chi connectivity index (χ0v) is 14.2. The second-order valence-corrected chi connectivity index (χ2v) is 5.74. The van der Waals surface area contributed by atoms with Gasteiger partial charge in [0.25, 0.3) is 5.56 Å². The van der Waals surface area contributed by atoms with Crippen molar-refractivity contribution in [1.29, 1.82) is 0 Å². The fraction of sp³-hybridized carbons (Fsp3) is 0.105. The molecule has 0 unspecified atom stereocenters. The van der Waals surface area contributed by atoms with E-state index in [0.717, 1.165) is 5.56 Å². The number of nitrogens with one attached hydrogen (secondary N) is 2. The predicted octanol–water partition coefficient (Wildman–Crippen LogP) is 2.87. The molecule has 0 bridgehead atoms. The summed E-state index contributed by atoms with van der Waals surface area (Å²) in [7, 11) is 0. The third-order valence-electron chi connectivity index (χ3n) is 3.78. The van der Waals surface area contributed by atoms with Gasteiger partial charge in [-0.05, 0) is 36.8 Å². The molecular weight excluding hydrogens is 333 g/mol. The van der Waals surface area contributed by atoms with Crippen LogP contribution in [0.15, 0.2) is 64.4 Å². The molecule has 3 aromatic rings. The van der Waals surface area contributed by atoms with Crippen molar-refractivity contribution < 1.29 is 4.39 Å². The molecule has 7 heteroatoms. The Kier molecular flexibility index (Phi) is 5.07. The molecule has 132 valence electrons. The number of aryl methyl sites for hydroxylation is 1. The number of guanidine groups is 1. The molecule has 0 atom stereocenters. The van der Waals surface area contributed by atoms with Crippen LogP contribution >= 0.6 is 0 Å². The Morgan fingerprint density at radius 3 is 2.54 bits per heavy atom. The molecule has 3 rings (SSSR count). The fourth-order valence-corrected chi connectivity index (χ4v) is 2.48. The molecule has 0 spiro atoms. The monoisotopic (exact) mass is 351 g/mol. The van der Waals surface area contributed by atoms with Crippen molar-refractivity contribution >= 4 is 17.6 Å². The molecule has 0 fully saturated rings. The third-order valence-corrected chi connectivity index (χ3v) is 3.78. The highest BCUT2D eigenvalue weighted by atomic mass is 19.1. The summed E-state index contributed by atoms with van der Waals surface area (Å²) >= 11 is 0. The van der Waals surface area contributed by atoms with Crippen LogP contribution in [0.1, 0.15) is 16.8 Å². The van der Waals surface area contributed by atoms with Gasteiger partial charge in [-0.15, -0.1) is 0 Å². The number of aromatic nitrogens is 2. The first-order chi connectivity index (χ1) is 12.5. The van der Waals surface area contributed by atoms with Crippen LogP contribution in [-0.2, 0) is 6.42 Å². The van der Waals surface area contributed by atoms with Gasteiger partial charge in [0.1, 0.15) is 5.82 Å². The maximum atomic E-state index is 12.9. The van der Waals surface area contributed by atoms with Crippen molar-refractivity contribution in [1.82, 2.24) is 9.97 Å². The second kappa shape index (κ2) is 7.60. The van der Waals surface area contributed by atoms with E-state index in [0.29, 0.717) is 23.4 Å². The van der Waals surface area contributed by atoms with Crippen LogP contribution in [0.25, 0.3) is 0 Å². The highest BCUT2D eigenvalue weighted by Crippen LogP contribution is 2.12. The maximum absolute atomic E-state index is 12.9. The van der Waals surface area contributed by atoms with E-state index in [9.17, 15) is 9.18 Å². The van der Waals surface area contributed by atoms with Crippen LogP contribution in [0, 0.1) is 12.7 Å². The SMILES string of the molecule is Cc1nc(N=C(N)Nc2ccc(F)cc2)[nH]c(=O)c1Cc1ccccc1. The minimum absolute atomic E-state index is 0.0370. The number of halogens is 1. The summed E-state index contributed by atoms with van der Waals surface area (Å²) in [6.07, 6.45) is 0.488. The first-order valence-corrected chi connectivity index (χ1v) is 8.02. The molecule has 0 amide bonds. The molecule has 6 nitrogen and oxygen atoms in total. The zero-order chi connectivity index (χ0) is 18.5. The minimum atomic E-state index is -0.346.